The van der Waals surface area contributed by atoms with Gasteiger partial charge in [0.2, 0.25) is 0 Å². The highest BCUT2D eigenvalue weighted by Crippen LogP contribution is 2.31. The molecule has 0 amide bonds. The zero-order valence-corrected chi connectivity index (χ0v) is 19.2. The molecule has 0 aliphatic rings. The van der Waals surface area contributed by atoms with Crippen LogP contribution in [0.5, 0.6) is 0 Å². The maximum Gasteiger partial charge on any atom is 0.182 e. The summed E-state index contributed by atoms with van der Waals surface area (Å²) in [4.78, 5) is 18.5. The third-order valence-corrected chi connectivity index (χ3v) is 5.71. The monoisotopic (exact) mass is 456 g/mol. The number of hydrogen-bond acceptors (Lipinski definition) is 5. The van der Waals surface area contributed by atoms with Gasteiger partial charge in [0.25, 0.3) is 0 Å². The summed E-state index contributed by atoms with van der Waals surface area (Å²) < 4.78 is 30.3. The summed E-state index contributed by atoms with van der Waals surface area (Å²) in [7, 11) is 0. The van der Waals surface area contributed by atoms with Gasteiger partial charge in [-0.25, -0.2) is 28.7 Å². The SMILES string of the molecule is Cc1nc2nc(-c3cccc(-c4cnn(C(C)C)c4)c3)nc(-c3ccc(F)cc3F)c2nc1C. The third kappa shape index (κ3) is 3.91. The van der Waals surface area contributed by atoms with E-state index in [0.717, 1.165) is 28.5 Å². The molecule has 6 nitrogen and oxygen atoms in total. The average molecular weight is 457 g/mol. The Morgan fingerprint density at radius 1 is 0.824 bits per heavy atom. The van der Waals surface area contributed by atoms with Crippen LogP contribution in [0.25, 0.3) is 44.9 Å². The Morgan fingerprint density at radius 2 is 1.59 bits per heavy atom. The second kappa shape index (κ2) is 8.37. The zero-order chi connectivity index (χ0) is 24.0. The van der Waals surface area contributed by atoms with Gasteiger partial charge in [0.1, 0.15) is 22.8 Å². The first-order valence-electron chi connectivity index (χ1n) is 10.9. The Labute approximate surface area is 195 Å². The maximum absolute atomic E-state index is 14.8. The molecule has 0 unspecified atom stereocenters. The molecule has 0 spiro atoms. The number of fused-ring (bicyclic) bond motifs is 1. The van der Waals surface area contributed by atoms with E-state index in [-0.39, 0.29) is 17.3 Å². The van der Waals surface area contributed by atoms with E-state index in [1.54, 1.807) is 0 Å². The lowest BCUT2D eigenvalue weighted by Gasteiger charge is -2.11. The summed E-state index contributed by atoms with van der Waals surface area (Å²) in [6, 6.07) is 11.4. The standard InChI is InChI=1S/C26H22F2N6/c1-14(2)34-13-19(12-29-34)17-6-5-7-18(10-17)25-32-23(21-9-8-20(27)11-22(21)28)24-26(33-25)31-16(4)15(3)30-24/h5-14H,1-4H3. The Kier molecular flexibility index (Phi) is 5.36. The molecule has 0 radical (unpaired) electrons. The van der Waals surface area contributed by atoms with E-state index >= 15 is 0 Å². The molecule has 170 valence electrons. The lowest BCUT2D eigenvalue weighted by Crippen LogP contribution is -2.03. The fourth-order valence-corrected chi connectivity index (χ4v) is 3.72. The molecule has 34 heavy (non-hydrogen) atoms. The van der Waals surface area contributed by atoms with Gasteiger partial charge in [0.05, 0.1) is 17.6 Å². The molecule has 0 aliphatic heterocycles. The normalized spacial score (nSPS) is 11.5. The molecule has 3 heterocycles. The number of nitrogens with zero attached hydrogens (tertiary/aromatic N) is 6. The van der Waals surface area contributed by atoms with Crippen molar-refractivity contribution in [2.45, 2.75) is 33.7 Å². The summed E-state index contributed by atoms with van der Waals surface area (Å²) in [6.45, 7) is 7.80. The molecule has 5 rings (SSSR count). The van der Waals surface area contributed by atoms with Gasteiger partial charge in [0, 0.05) is 35.0 Å². The Balaban J connectivity index is 1.71. The van der Waals surface area contributed by atoms with Gasteiger partial charge in [-0.05, 0) is 51.5 Å². The minimum absolute atomic E-state index is 0.141. The van der Waals surface area contributed by atoms with Crippen molar-refractivity contribution in [1.82, 2.24) is 29.7 Å². The largest absolute Gasteiger partial charge is 0.270 e. The molecular formula is C26H22F2N6. The van der Waals surface area contributed by atoms with Gasteiger partial charge >= 0.3 is 0 Å². The summed E-state index contributed by atoms with van der Waals surface area (Å²) in [5.41, 5.74) is 5.20. The number of hydrogen-bond donors (Lipinski definition) is 0. The molecule has 3 aromatic heterocycles. The molecule has 0 saturated heterocycles. The Hall–Kier alpha value is -4.07. The minimum atomic E-state index is -0.721. The van der Waals surface area contributed by atoms with Crippen LogP contribution in [-0.2, 0) is 0 Å². The van der Waals surface area contributed by atoms with Gasteiger partial charge in [0.15, 0.2) is 11.5 Å². The highest BCUT2D eigenvalue weighted by molar-refractivity contribution is 5.89. The molecule has 8 heteroatoms. The molecule has 0 N–H and O–H groups in total. The van der Waals surface area contributed by atoms with E-state index in [4.69, 9.17) is 0 Å². The highest BCUT2D eigenvalue weighted by Gasteiger charge is 2.18. The van der Waals surface area contributed by atoms with E-state index in [2.05, 4.69) is 38.9 Å². The Bertz CT molecular complexity index is 1540. The van der Waals surface area contributed by atoms with E-state index in [9.17, 15) is 8.78 Å². The van der Waals surface area contributed by atoms with E-state index in [0.29, 0.717) is 22.7 Å². The number of aryl methyl sites for hydroxylation is 2. The summed E-state index contributed by atoms with van der Waals surface area (Å²) in [5.74, 6) is -1.00. The van der Waals surface area contributed by atoms with Crippen molar-refractivity contribution in [1.29, 1.82) is 0 Å². The second-order valence-corrected chi connectivity index (χ2v) is 8.47. The smallest absolute Gasteiger partial charge is 0.182 e. The summed E-state index contributed by atoms with van der Waals surface area (Å²) in [5, 5.41) is 4.42. The molecule has 2 aromatic carbocycles. The number of aromatic nitrogens is 6. The number of benzene rings is 2. The predicted molar refractivity (Wildman–Crippen MR) is 127 cm³/mol. The van der Waals surface area contributed by atoms with Crippen LogP contribution < -0.4 is 0 Å². The van der Waals surface area contributed by atoms with Crippen LogP contribution in [0.1, 0.15) is 31.3 Å². The second-order valence-electron chi connectivity index (χ2n) is 8.47. The predicted octanol–water partition coefficient (Wildman–Crippen LogP) is 6.09. The molecule has 0 aliphatic carbocycles. The number of rotatable bonds is 4. The molecule has 0 fully saturated rings. The first-order valence-corrected chi connectivity index (χ1v) is 10.9. The minimum Gasteiger partial charge on any atom is -0.270 e. The quantitative estimate of drug-likeness (QED) is 0.327. The zero-order valence-electron chi connectivity index (χ0n) is 19.2. The van der Waals surface area contributed by atoms with E-state index in [1.807, 2.05) is 55.2 Å². The van der Waals surface area contributed by atoms with Crippen LogP contribution in [0.3, 0.4) is 0 Å². The van der Waals surface area contributed by atoms with Crippen LogP contribution >= 0.6 is 0 Å². The third-order valence-electron chi connectivity index (χ3n) is 5.71. The summed E-state index contributed by atoms with van der Waals surface area (Å²) in [6.07, 6.45) is 3.80. The van der Waals surface area contributed by atoms with E-state index in [1.165, 1.54) is 12.1 Å². The molecular weight excluding hydrogens is 434 g/mol. The van der Waals surface area contributed by atoms with Crippen molar-refractivity contribution >= 4 is 11.2 Å². The van der Waals surface area contributed by atoms with Crippen molar-refractivity contribution < 1.29 is 8.78 Å². The van der Waals surface area contributed by atoms with Crippen molar-refractivity contribution in [3.8, 4) is 33.8 Å². The van der Waals surface area contributed by atoms with Crippen LogP contribution in [0.4, 0.5) is 8.78 Å². The maximum atomic E-state index is 14.8. The van der Waals surface area contributed by atoms with E-state index < -0.39 is 11.6 Å². The topological polar surface area (TPSA) is 69.4 Å². The molecule has 0 saturated carbocycles. The Morgan fingerprint density at radius 3 is 2.32 bits per heavy atom. The van der Waals surface area contributed by atoms with Crippen molar-refractivity contribution in [3.63, 3.8) is 0 Å². The van der Waals surface area contributed by atoms with Gasteiger partial charge < -0.3 is 0 Å². The number of halogens is 2. The lowest BCUT2D eigenvalue weighted by atomic mass is 10.0. The average Bonchev–Trinajstić information content (AvgIpc) is 3.31. The molecule has 5 aromatic rings. The highest BCUT2D eigenvalue weighted by atomic mass is 19.1. The lowest BCUT2D eigenvalue weighted by molar-refractivity contribution is 0.532. The van der Waals surface area contributed by atoms with Crippen LogP contribution in [-0.4, -0.2) is 29.7 Å². The summed E-state index contributed by atoms with van der Waals surface area (Å²) >= 11 is 0. The van der Waals surface area contributed by atoms with Gasteiger partial charge in [-0.2, -0.15) is 5.10 Å². The van der Waals surface area contributed by atoms with Crippen molar-refractivity contribution in [2.24, 2.45) is 0 Å². The van der Waals surface area contributed by atoms with Gasteiger partial charge in [-0.3, -0.25) is 4.68 Å². The first kappa shape index (κ1) is 21.8. The van der Waals surface area contributed by atoms with Gasteiger partial charge in [-0.15, -0.1) is 0 Å². The van der Waals surface area contributed by atoms with Gasteiger partial charge in [-0.1, -0.05) is 18.2 Å². The van der Waals surface area contributed by atoms with Crippen LogP contribution in [0.15, 0.2) is 54.9 Å². The fourth-order valence-electron chi connectivity index (χ4n) is 3.72. The molecule has 0 bridgehead atoms. The van der Waals surface area contributed by atoms with Crippen molar-refractivity contribution in [3.05, 3.63) is 77.9 Å². The van der Waals surface area contributed by atoms with Crippen LogP contribution in [0.2, 0.25) is 0 Å². The first-order chi connectivity index (χ1) is 16.3. The molecule has 0 atom stereocenters. The fraction of sp³-hybridized carbons (Fsp3) is 0.192. The van der Waals surface area contributed by atoms with Crippen molar-refractivity contribution in [2.75, 3.05) is 0 Å². The van der Waals surface area contributed by atoms with Crippen LogP contribution in [0, 0.1) is 25.5 Å².